The summed E-state index contributed by atoms with van der Waals surface area (Å²) < 4.78 is 39.9. The zero-order valence-corrected chi connectivity index (χ0v) is 31.6. The van der Waals surface area contributed by atoms with E-state index in [0.29, 0.717) is 54.0 Å². The summed E-state index contributed by atoms with van der Waals surface area (Å²) in [6, 6.07) is 10.3. The van der Waals surface area contributed by atoms with Crippen LogP contribution < -0.4 is 0 Å². The van der Waals surface area contributed by atoms with Gasteiger partial charge < -0.3 is 19.3 Å². The number of nitrogens with zero attached hydrogens (tertiary/aromatic N) is 5. The number of nitriles is 1. The minimum absolute atomic E-state index is 0.0354. The number of hydrogen-bond donors (Lipinski definition) is 1. The molecule has 2 bridgehead atoms. The smallest absolute Gasteiger partial charge is 0.410 e. The monoisotopic (exact) mass is 751 g/mol. The molecule has 2 amide bonds. The Bertz CT molecular complexity index is 2120. The van der Waals surface area contributed by atoms with Gasteiger partial charge in [0.25, 0.3) is 0 Å². The summed E-state index contributed by atoms with van der Waals surface area (Å²) >= 11 is 7.79. The highest BCUT2D eigenvalue weighted by Crippen LogP contribution is 2.54. The Hall–Kier alpha value is -3.86. The molecular formula is C37H40ClF2N5O4SSi. The third-order valence-corrected chi connectivity index (χ3v) is 13.5. The topological polar surface area (TPSA) is 112 Å². The number of pyridine rings is 1. The van der Waals surface area contributed by atoms with Crippen molar-refractivity contribution in [3.8, 4) is 17.2 Å². The van der Waals surface area contributed by atoms with Gasteiger partial charge in [0.2, 0.25) is 0 Å². The number of halogens is 3. The number of rotatable bonds is 9. The van der Waals surface area contributed by atoms with Gasteiger partial charge in [-0.1, -0.05) is 43.4 Å². The summed E-state index contributed by atoms with van der Waals surface area (Å²) in [5, 5.41) is 21.3. The van der Waals surface area contributed by atoms with Crippen molar-refractivity contribution in [2.24, 2.45) is 5.92 Å². The van der Waals surface area contributed by atoms with Gasteiger partial charge >= 0.3 is 12.2 Å². The van der Waals surface area contributed by atoms with E-state index >= 15 is 4.39 Å². The molecule has 0 spiro atoms. The van der Waals surface area contributed by atoms with Crippen molar-refractivity contribution < 1.29 is 28.2 Å². The lowest BCUT2D eigenvalue weighted by Gasteiger charge is -2.40. The van der Waals surface area contributed by atoms with E-state index in [9.17, 15) is 24.3 Å². The van der Waals surface area contributed by atoms with Crippen LogP contribution in [-0.2, 0) is 11.2 Å². The maximum absolute atomic E-state index is 17.1. The van der Waals surface area contributed by atoms with Crippen molar-refractivity contribution >= 4 is 65.4 Å². The van der Waals surface area contributed by atoms with Crippen LogP contribution in [0.4, 0.5) is 18.4 Å². The number of ether oxygens (including phenoxy) is 1. The molecule has 1 aliphatic carbocycles. The van der Waals surface area contributed by atoms with E-state index in [-0.39, 0.29) is 64.6 Å². The number of aryl methyl sites for hydroxylation is 1. The summed E-state index contributed by atoms with van der Waals surface area (Å²) in [5.74, 6) is -1.32. The van der Waals surface area contributed by atoms with E-state index in [0.717, 1.165) is 23.5 Å². The molecule has 4 aliphatic rings. The van der Waals surface area contributed by atoms with Gasteiger partial charge in [0.15, 0.2) is 5.82 Å². The Kier molecular flexibility index (Phi) is 9.48. The number of carbonyl (C=O) groups is 2. The van der Waals surface area contributed by atoms with Gasteiger partial charge in [-0.15, -0.1) is 11.8 Å². The van der Waals surface area contributed by atoms with E-state index in [4.69, 9.17) is 21.3 Å². The van der Waals surface area contributed by atoms with Crippen LogP contribution in [0.15, 0.2) is 35.4 Å². The average molecular weight is 752 g/mol. The molecule has 14 heteroatoms. The summed E-state index contributed by atoms with van der Waals surface area (Å²) in [5.41, 5.74) is 2.39. The molecule has 4 atom stereocenters. The highest BCUT2D eigenvalue weighted by atomic mass is 35.5. The first-order chi connectivity index (χ1) is 24.3. The predicted molar refractivity (Wildman–Crippen MR) is 197 cm³/mol. The molecule has 1 saturated carbocycles. The molecule has 0 radical (unpaired) electrons. The Morgan fingerprint density at radius 2 is 1.98 bits per heavy atom. The Morgan fingerprint density at radius 3 is 2.67 bits per heavy atom. The van der Waals surface area contributed by atoms with Crippen LogP contribution in [0, 0.1) is 28.9 Å². The fourth-order valence-electron chi connectivity index (χ4n) is 8.25. The summed E-state index contributed by atoms with van der Waals surface area (Å²) in [6.07, 6.45) is 2.97. The van der Waals surface area contributed by atoms with Crippen molar-refractivity contribution in [1.29, 1.82) is 5.26 Å². The van der Waals surface area contributed by atoms with Crippen LogP contribution in [0.2, 0.25) is 30.7 Å². The number of hydrogen-bond acceptors (Lipinski definition) is 6. The fraction of sp³-hybridized carbons (Fsp3) is 0.459. The van der Waals surface area contributed by atoms with Gasteiger partial charge in [0.05, 0.1) is 41.3 Å². The minimum Gasteiger partial charge on any atom is -0.465 e. The van der Waals surface area contributed by atoms with Crippen molar-refractivity contribution in [3.05, 3.63) is 58.2 Å². The van der Waals surface area contributed by atoms with E-state index < -0.39 is 25.8 Å². The molecule has 2 aromatic carbocycles. The largest absolute Gasteiger partial charge is 0.465 e. The van der Waals surface area contributed by atoms with Crippen LogP contribution in [0.3, 0.4) is 0 Å². The van der Waals surface area contributed by atoms with Gasteiger partial charge in [-0.2, -0.15) is 5.26 Å². The number of benzene rings is 2. The van der Waals surface area contributed by atoms with Gasteiger partial charge in [0.1, 0.15) is 16.4 Å². The first-order valence-electron chi connectivity index (χ1n) is 17.3. The number of fused-ring (bicyclic) bond motifs is 4. The molecular weight excluding hydrogens is 712 g/mol. The second kappa shape index (κ2) is 13.6. The highest BCUT2D eigenvalue weighted by molar-refractivity contribution is 7.98. The maximum atomic E-state index is 17.1. The quantitative estimate of drug-likeness (QED) is 0.134. The molecule has 9 nitrogen and oxygen atoms in total. The van der Waals surface area contributed by atoms with Crippen molar-refractivity contribution in [2.75, 3.05) is 26.0 Å². The highest BCUT2D eigenvalue weighted by Gasteiger charge is 2.56. The van der Waals surface area contributed by atoms with E-state index in [1.165, 1.54) is 28.8 Å². The normalized spacial score (nSPS) is 21.4. The molecule has 4 aromatic rings. The third kappa shape index (κ3) is 6.12. The van der Waals surface area contributed by atoms with Crippen molar-refractivity contribution in [3.63, 3.8) is 0 Å². The summed E-state index contributed by atoms with van der Waals surface area (Å²) in [6.45, 7) is 7.97. The van der Waals surface area contributed by atoms with Crippen LogP contribution in [0.1, 0.15) is 49.0 Å². The zero-order chi connectivity index (χ0) is 36.4. The van der Waals surface area contributed by atoms with Crippen LogP contribution in [-0.4, -0.2) is 76.7 Å². The fourth-order valence-corrected chi connectivity index (χ4v) is 9.74. The number of carboxylic acid groups (broad SMARTS) is 1. The second-order valence-corrected chi connectivity index (χ2v) is 21.8. The van der Waals surface area contributed by atoms with E-state index in [2.05, 4.69) is 30.3 Å². The van der Waals surface area contributed by atoms with E-state index in [1.54, 1.807) is 11.0 Å². The predicted octanol–water partition coefficient (Wildman–Crippen LogP) is 9.50. The number of likely N-dealkylation sites (tertiary alicyclic amines) is 1. The Labute approximate surface area is 305 Å². The number of carbonyl (C=O) groups excluding carboxylic acids is 1. The zero-order valence-electron chi connectivity index (χ0n) is 29.0. The van der Waals surface area contributed by atoms with Crippen LogP contribution in [0.25, 0.3) is 32.9 Å². The lowest BCUT2D eigenvalue weighted by molar-refractivity contribution is 0.0985. The molecule has 4 fully saturated rings. The first-order valence-corrected chi connectivity index (χ1v) is 22.6. The second-order valence-electron chi connectivity index (χ2n) is 15.0. The van der Waals surface area contributed by atoms with Crippen molar-refractivity contribution in [1.82, 2.24) is 19.4 Å². The Morgan fingerprint density at radius 1 is 1.20 bits per heavy atom. The average Bonchev–Trinajstić information content (AvgIpc) is 3.87. The number of aromatic nitrogens is 2. The van der Waals surface area contributed by atoms with E-state index in [1.807, 2.05) is 18.4 Å². The van der Waals surface area contributed by atoms with Gasteiger partial charge in [-0.3, -0.25) is 4.90 Å². The van der Waals surface area contributed by atoms with Gasteiger partial charge in [0, 0.05) is 61.1 Å². The molecule has 1 N–H and O–H groups in total. The van der Waals surface area contributed by atoms with Crippen LogP contribution in [0.5, 0.6) is 0 Å². The lowest BCUT2D eigenvalue weighted by atomic mass is 9.79. The maximum Gasteiger partial charge on any atom is 0.410 e. The number of amides is 2. The van der Waals surface area contributed by atoms with Crippen LogP contribution >= 0.6 is 23.4 Å². The summed E-state index contributed by atoms with van der Waals surface area (Å²) in [4.78, 5) is 34.1. The van der Waals surface area contributed by atoms with Crippen molar-refractivity contribution in [2.45, 2.75) is 80.9 Å². The summed E-state index contributed by atoms with van der Waals surface area (Å²) in [7, 11) is -1.43. The molecule has 2 aromatic heterocycles. The number of thioether (sulfide) groups is 1. The lowest BCUT2D eigenvalue weighted by Crippen LogP contribution is -2.43. The SMILES string of the molecule is CSc1nc2c(F)c(-c3cccc(F)c3Cl)c(CCC#N)cc2c2c1cc([C@H]1CCCN1C(=O)OCC[Si](C)(C)C)n2[C@H]1[C@@H]2C[C@H]1N(C(=O)O)C2. The molecule has 3 saturated heterocycles. The Balaban J connectivity index is 1.47. The third-order valence-electron chi connectivity index (χ3n) is 10.7. The molecule has 51 heavy (non-hydrogen) atoms. The molecule has 8 rings (SSSR count). The molecule has 5 heterocycles. The molecule has 268 valence electrons. The van der Waals surface area contributed by atoms with Gasteiger partial charge in [-0.05, 0) is 61.7 Å². The minimum atomic E-state index is -1.43. The molecule has 3 aliphatic heterocycles. The van der Waals surface area contributed by atoms with Gasteiger partial charge in [-0.25, -0.2) is 23.4 Å². The standard InChI is InChI=1S/C37H40ClF2N5O4SSi/c1-50-35-24-18-27(26-11-7-13-43(26)37(48)49-14-15-51(2,3)4)45(33-21-17-28(33)44(19-21)36(46)47)34(24)23-16-20(8-6-12-41)29(31(40)32(23)42-35)22-9-5-10-25(39)30(22)38/h5,9-10,16,18,21,26,28,33H,6-8,11,13-15,17,19H2,1-4H3,(H,46,47)/t21-,26-,28-,33+/m1/s1. The first kappa shape index (κ1) is 35.5. The molecule has 0 unspecified atom stereocenters.